The molecular weight excluding hydrogens is 172 g/mol. The molecule has 0 aliphatic heterocycles. The van der Waals surface area contributed by atoms with Gasteiger partial charge < -0.3 is 10.6 Å². The van der Waals surface area contributed by atoms with Crippen molar-refractivity contribution in [3.63, 3.8) is 0 Å². The fourth-order valence-electron chi connectivity index (χ4n) is 2.22. The number of anilines is 1. The number of nitrogens with two attached hydrogens (primary N) is 1. The van der Waals surface area contributed by atoms with Crippen LogP contribution in [0.2, 0.25) is 0 Å². The van der Waals surface area contributed by atoms with Gasteiger partial charge in [-0.15, -0.1) is 0 Å². The van der Waals surface area contributed by atoms with Crippen molar-refractivity contribution in [1.29, 1.82) is 0 Å². The molecule has 76 valence electrons. The summed E-state index contributed by atoms with van der Waals surface area (Å²) >= 11 is 0. The van der Waals surface area contributed by atoms with Gasteiger partial charge in [0.05, 0.1) is 0 Å². The van der Waals surface area contributed by atoms with Crippen LogP contribution in [0.4, 0.5) is 5.69 Å². The maximum atomic E-state index is 6.00. The number of benzene rings is 1. The summed E-state index contributed by atoms with van der Waals surface area (Å²) in [6.45, 7) is 0. The molecule has 0 radical (unpaired) electrons. The van der Waals surface area contributed by atoms with E-state index in [1.165, 1.54) is 16.8 Å². The summed E-state index contributed by atoms with van der Waals surface area (Å²) in [7, 11) is 4.19. The van der Waals surface area contributed by atoms with Gasteiger partial charge >= 0.3 is 0 Å². The van der Waals surface area contributed by atoms with E-state index in [2.05, 4.69) is 37.2 Å². The van der Waals surface area contributed by atoms with Crippen molar-refractivity contribution in [2.24, 2.45) is 5.73 Å². The fourth-order valence-corrected chi connectivity index (χ4v) is 2.22. The lowest BCUT2D eigenvalue weighted by atomic mass is 9.87. The van der Waals surface area contributed by atoms with Crippen LogP contribution in [0, 0.1) is 0 Å². The summed E-state index contributed by atoms with van der Waals surface area (Å²) in [6, 6.07) is 6.90. The monoisotopic (exact) mass is 190 g/mol. The first-order chi connectivity index (χ1) is 6.68. The molecule has 2 heteroatoms. The van der Waals surface area contributed by atoms with Crippen molar-refractivity contribution < 1.29 is 0 Å². The maximum Gasteiger partial charge on any atom is 0.0396 e. The minimum Gasteiger partial charge on any atom is -0.377 e. The highest BCUT2D eigenvalue weighted by molar-refractivity contribution is 5.57. The van der Waals surface area contributed by atoms with Gasteiger partial charge in [0.25, 0.3) is 0 Å². The predicted octanol–water partition coefficient (Wildman–Crippen LogP) is 1.57. The molecular formula is C12H18N2. The van der Waals surface area contributed by atoms with Crippen LogP contribution < -0.4 is 10.6 Å². The zero-order chi connectivity index (χ0) is 10.1. The number of aryl methyl sites for hydroxylation is 1. The average Bonchev–Trinajstić information content (AvgIpc) is 2.16. The molecule has 2 rings (SSSR count). The Morgan fingerprint density at radius 2 is 2.14 bits per heavy atom. The van der Waals surface area contributed by atoms with Crippen molar-refractivity contribution >= 4 is 5.69 Å². The van der Waals surface area contributed by atoms with Gasteiger partial charge in [-0.05, 0) is 36.5 Å². The van der Waals surface area contributed by atoms with Gasteiger partial charge in [-0.25, -0.2) is 0 Å². The Morgan fingerprint density at radius 3 is 2.86 bits per heavy atom. The summed E-state index contributed by atoms with van der Waals surface area (Å²) < 4.78 is 0. The minimum atomic E-state index is 0.351. The first-order valence-corrected chi connectivity index (χ1v) is 5.22. The fraction of sp³-hybridized carbons (Fsp3) is 0.500. The second-order valence-electron chi connectivity index (χ2n) is 4.31. The molecule has 0 saturated heterocycles. The van der Waals surface area contributed by atoms with Crippen LogP contribution in [0.5, 0.6) is 0 Å². The molecule has 0 saturated carbocycles. The van der Waals surface area contributed by atoms with Crippen LogP contribution in [-0.2, 0) is 12.8 Å². The number of nitrogens with zero attached hydrogens (tertiary/aromatic N) is 1. The predicted molar refractivity (Wildman–Crippen MR) is 60.8 cm³/mol. The molecule has 0 amide bonds. The van der Waals surface area contributed by atoms with Gasteiger partial charge in [0.2, 0.25) is 0 Å². The van der Waals surface area contributed by atoms with Crippen LogP contribution in [0.1, 0.15) is 17.5 Å². The molecule has 0 fully saturated rings. The summed E-state index contributed by atoms with van der Waals surface area (Å²) in [4.78, 5) is 2.18. The van der Waals surface area contributed by atoms with Crippen molar-refractivity contribution in [3.8, 4) is 0 Å². The summed E-state index contributed by atoms with van der Waals surface area (Å²) in [5.41, 5.74) is 10.3. The molecule has 0 unspecified atom stereocenters. The number of fused-ring (bicyclic) bond motifs is 1. The van der Waals surface area contributed by atoms with E-state index in [9.17, 15) is 0 Å². The molecule has 1 atom stereocenters. The molecule has 1 aromatic rings. The molecule has 2 N–H and O–H groups in total. The quantitative estimate of drug-likeness (QED) is 0.728. The van der Waals surface area contributed by atoms with E-state index in [4.69, 9.17) is 5.73 Å². The smallest absolute Gasteiger partial charge is 0.0396 e. The lowest BCUT2D eigenvalue weighted by Crippen LogP contribution is -2.29. The Hall–Kier alpha value is -1.02. The van der Waals surface area contributed by atoms with Crippen LogP contribution in [0.15, 0.2) is 18.2 Å². The lowest BCUT2D eigenvalue weighted by molar-refractivity contribution is 0.576. The topological polar surface area (TPSA) is 29.3 Å². The summed E-state index contributed by atoms with van der Waals surface area (Å²) in [5, 5.41) is 0. The highest BCUT2D eigenvalue weighted by Crippen LogP contribution is 2.28. The molecule has 14 heavy (non-hydrogen) atoms. The second kappa shape index (κ2) is 3.62. The second-order valence-corrected chi connectivity index (χ2v) is 4.31. The molecule has 1 aliphatic rings. The molecule has 0 bridgehead atoms. The highest BCUT2D eigenvalue weighted by Gasteiger charge is 2.18. The van der Waals surface area contributed by atoms with Gasteiger partial charge in [-0.3, -0.25) is 0 Å². The van der Waals surface area contributed by atoms with E-state index in [-0.39, 0.29) is 0 Å². The lowest BCUT2D eigenvalue weighted by Gasteiger charge is -2.26. The van der Waals surface area contributed by atoms with Crippen molar-refractivity contribution in [1.82, 2.24) is 0 Å². The van der Waals surface area contributed by atoms with E-state index in [1.807, 2.05) is 0 Å². The van der Waals surface area contributed by atoms with E-state index < -0.39 is 0 Å². The van der Waals surface area contributed by atoms with Crippen LogP contribution in [0.25, 0.3) is 0 Å². The average molecular weight is 190 g/mol. The first-order valence-electron chi connectivity index (χ1n) is 5.22. The Balaban J connectivity index is 2.43. The normalized spacial score (nSPS) is 20.4. The van der Waals surface area contributed by atoms with E-state index in [0.717, 1.165) is 19.3 Å². The van der Waals surface area contributed by atoms with Crippen molar-refractivity contribution in [2.45, 2.75) is 25.3 Å². The van der Waals surface area contributed by atoms with Gasteiger partial charge in [-0.2, -0.15) is 0 Å². The van der Waals surface area contributed by atoms with Gasteiger partial charge in [-0.1, -0.05) is 12.1 Å². The van der Waals surface area contributed by atoms with E-state index >= 15 is 0 Å². The Bertz CT molecular complexity index is 331. The van der Waals surface area contributed by atoms with Gasteiger partial charge in [0, 0.05) is 25.8 Å². The molecule has 0 spiro atoms. The zero-order valence-corrected chi connectivity index (χ0v) is 8.96. The SMILES string of the molecule is CN(C)c1cccc2c1C[C@H](N)CC2. The molecule has 0 aromatic heterocycles. The first kappa shape index (κ1) is 9.53. The Morgan fingerprint density at radius 1 is 1.36 bits per heavy atom. The molecule has 0 heterocycles. The van der Waals surface area contributed by atoms with Crippen LogP contribution >= 0.6 is 0 Å². The van der Waals surface area contributed by atoms with Gasteiger partial charge in [0.1, 0.15) is 0 Å². The summed E-state index contributed by atoms with van der Waals surface area (Å²) in [5.74, 6) is 0. The van der Waals surface area contributed by atoms with E-state index in [0.29, 0.717) is 6.04 Å². The third kappa shape index (κ3) is 1.62. The largest absolute Gasteiger partial charge is 0.377 e. The minimum absolute atomic E-state index is 0.351. The third-order valence-electron chi connectivity index (χ3n) is 2.98. The van der Waals surface area contributed by atoms with Crippen molar-refractivity contribution in [2.75, 3.05) is 19.0 Å². The van der Waals surface area contributed by atoms with E-state index in [1.54, 1.807) is 0 Å². The maximum absolute atomic E-state index is 6.00. The van der Waals surface area contributed by atoms with Gasteiger partial charge in [0.15, 0.2) is 0 Å². The Kier molecular flexibility index (Phi) is 2.46. The third-order valence-corrected chi connectivity index (χ3v) is 2.98. The molecule has 1 aliphatic carbocycles. The summed E-state index contributed by atoms with van der Waals surface area (Å²) in [6.07, 6.45) is 3.30. The number of hydrogen-bond acceptors (Lipinski definition) is 2. The molecule has 2 nitrogen and oxygen atoms in total. The number of hydrogen-bond donors (Lipinski definition) is 1. The molecule has 1 aromatic carbocycles. The number of rotatable bonds is 1. The standard InChI is InChI=1S/C12H18N2/c1-14(2)12-5-3-4-9-6-7-10(13)8-11(9)12/h3-5,10H,6-8,13H2,1-2H3/t10-/m1/s1. The highest BCUT2D eigenvalue weighted by atomic mass is 15.1. The van der Waals surface area contributed by atoms with Crippen LogP contribution in [0.3, 0.4) is 0 Å². The Labute approximate surface area is 85.7 Å². The van der Waals surface area contributed by atoms with Crippen molar-refractivity contribution in [3.05, 3.63) is 29.3 Å². The van der Waals surface area contributed by atoms with Crippen LogP contribution in [-0.4, -0.2) is 20.1 Å². The zero-order valence-electron chi connectivity index (χ0n) is 8.96.